The van der Waals surface area contributed by atoms with Gasteiger partial charge in [0.15, 0.2) is 0 Å². The Morgan fingerprint density at radius 1 is 1.41 bits per heavy atom. The third-order valence-electron chi connectivity index (χ3n) is 3.27. The normalized spacial score (nSPS) is 15.4. The fourth-order valence-electron chi connectivity index (χ4n) is 2.11. The minimum atomic E-state index is -0.154. The summed E-state index contributed by atoms with van der Waals surface area (Å²) >= 11 is 3.45. The smallest absolute Gasteiger partial charge is 0.123 e. The van der Waals surface area contributed by atoms with Crippen molar-refractivity contribution in [3.05, 3.63) is 29.6 Å². The first-order chi connectivity index (χ1) is 8.11. The first kappa shape index (κ1) is 12.9. The fraction of sp³-hybridized carbons (Fsp3) is 0.571. The van der Waals surface area contributed by atoms with Gasteiger partial charge in [0.2, 0.25) is 0 Å². The highest BCUT2D eigenvalue weighted by Crippen LogP contribution is 2.34. The summed E-state index contributed by atoms with van der Waals surface area (Å²) < 4.78 is 13.2. The van der Waals surface area contributed by atoms with Gasteiger partial charge < -0.3 is 4.90 Å². The molecule has 1 aromatic rings. The van der Waals surface area contributed by atoms with Gasteiger partial charge in [-0.05, 0) is 56.4 Å². The molecule has 0 N–H and O–H groups in total. The Bertz CT molecular complexity index is 388. The van der Waals surface area contributed by atoms with Crippen LogP contribution >= 0.6 is 15.9 Å². The highest BCUT2D eigenvalue weighted by Gasteiger charge is 2.26. The summed E-state index contributed by atoms with van der Waals surface area (Å²) in [5, 5.41) is 0.702. The number of alkyl halides is 1. The Morgan fingerprint density at radius 3 is 2.65 bits per heavy atom. The molecular formula is C14H19BrFN. The van der Waals surface area contributed by atoms with Crippen molar-refractivity contribution in [2.45, 2.75) is 38.1 Å². The van der Waals surface area contributed by atoms with Crippen LogP contribution in [0.5, 0.6) is 0 Å². The van der Waals surface area contributed by atoms with Gasteiger partial charge in [-0.3, -0.25) is 0 Å². The summed E-state index contributed by atoms with van der Waals surface area (Å²) in [6, 6.07) is 5.56. The second-order valence-corrected chi connectivity index (χ2v) is 5.66. The highest BCUT2D eigenvalue weighted by atomic mass is 79.9. The topological polar surface area (TPSA) is 3.24 Å². The minimum Gasteiger partial charge on any atom is -0.369 e. The first-order valence-electron chi connectivity index (χ1n) is 6.23. The maximum Gasteiger partial charge on any atom is 0.123 e. The molecule has 94 valence electrons. The molecule has 17 heavy (non-hydrogen) atoms. The van der Waals surface area contributed by atoms with E-state index in [1.54, 1.807) is 12.1 Å². The molecule has 1 aliphatic carbocycles. The van der Waals surface area contributed by atoms with Crippen LogP contribution in [0.15, 0.2) is 18.2 Å². The zero-order chi connectivity index (χ0) is 12.4. The Labute approximate surface area is 111 Å². The van der Waals surface area contributed by atoms with Crippen molar-refractivity contribution in [1.29, 1.82) is 0 Å². The summed E-state index contributed by atoms with van der Waals surface area (Å²) in [7, 11) is 0. The van der Waals surface area contributed by atoms with Crippen molar-refractivity contribution < 1.29 is 4.39 Å². The van der Waals surface area contributed by atoms with E-state index >= 15 is 0 Å². The van der Waals surface area contributed by atoms with Crippen molar-refractivity contribution >= 4 is 21.6 Å². The lowest BCUT2D eigenvalue weighted by Gasteiger charge is -2.31. The number of benzene rings is 1. The average Bonchev–Trinajstić information content (AvgIpc) is 3.09. The molecule has 0 spiro atoms. The maximum absolute atomic E-state index is 13.2. The summed E-state index contributed by atoms with van der Waals surface area (Å²) in [5.41, 5.74) is 2.21. The number of nitrogens with zero attached hydrogens (tertiary/aromatic N) is 1. The predicted octanol–water partition coefficient (Wildman–Crippen LogP) is 4.35. The number of hydrogen-bond donors (Lipinski definition) is 0. The van der Waals surface area contributed by atoms with Crippen LogP contribution in [0, 0.1) is 11.7 Å². The molecule has 3 heteroatoms. The van der Waals surface area contributed by atoms with Crippen LogP contribution in [0.2, 0.25) is 0 Å². The maximum atomic E-state index is 13.2. The van der Waals surface area contributed by atoms with Crippen molar-refractivity contribution in [3.8, 4) is 0 Å². The van der Waals surface area contributed by atoms with Crippen LogP contribution in [0.3, 0.4) is 0 Å². The molecule has 0 aliphatic heterocycles. The molecule has 1 aliphatic rings. The van der Waals surface area contributed by atoms with Gasteiger partial charge in [0.05, 0.1) is 0 Å². The van der Waals surface area contributed by atoms with Crippen LogP contribution in [-0.4, -0.2) is 12.6 Å². The number of halogens is 2. The van der Waals surface area contributed by atoms with Gasteiger partial charge in [-0.25, -0.2) is 4.39 Å². The second-order valence-electron chi connectivity index (χ2n) is 5.10. The molecule has 1 saturated carbocycles. The van der Waals surface area contributed by atoms with E-state index in [0.29, 0.717) is 11.4 Å². The van der Waals surface area contributed by atoms with Crippen LogP contribution in [0.25, 0.3) is 0 Å². The third kappa shape index (κ3) is 3.21. The molecular weight excluding hydrogens is 281 g/mol. The van der Waals surface area contributed by atoms with Gasteiger partial charge in [0.1, 0.15) is 5.82 Å². The number of anilines is 1. The minimum absolute atomic E-state index is 0.154. The Hall–Kier alpha value is -0.570. The van der Waals surface area contributed by atoms with Crippen LogP contribution in [-0.2, 0) is 5.33 Å². The molecule has 0 amide bonds. The summed E-state index contributed by atoms with van der Waals surface area (Å²) in [5.74, 6) is 0.684. The summed E-state index contributed by atoms with van der Waals surface area (Å²) in [6.07, 6.45) is 2.68. The van der Waals surface area contributed by atoms with E-state index in [-0.39, 0.29) is 5.82 Å². The lowest BCUT2D eigenvalue weighted by atomic mass is 10.1. The molecule has 0 heterocycles. The zero-order valence-electron chi connectivity index (χ0n) is 10.4. The quantitative estimate of drug-likeness (QED) is 0.731. The third-order valence-corrected chi connectivity index (χ3v) is 3.87. The Balaban J connectivity index is 2.26. The Kier molecular flexibility index (Phi) is 4.08. The van der Waals surface area contributed by atoms with Crippen LogP contribution in [0.4, 0.5) is 10.1 Å². The largest absolute Gasteiger partial charge is 0.369 e. The predicted molar refractivity (Wildman–Crippen MR) is 74.2 cm³/mol. The average molecular weight is 300 g/mol. The monoisotopic (exact) mass is 299 g/mol. The molecule has 0 aromatic heterocycles. The number of rotatable bonds is 5. The summed E-state index contributed by atoms with van der Waals surface area (Å²) in [4.78, 5) is 2.40. The van der Waals surface area contributed by atoms with E-state index in [4.69, 9.17) is 0 Å². The van der Waals surface area contributed by atoms with Crippen molar-refractivity contribution in [1.82, 2.24) is 0 Å². The molecule has 1 fully saturated rings. The molecule has 0 bridgehead atoms. The van der Waals surface area contributed by atoms with Crippen LogP contribution < -0.4 is 4.90 Å². The SMILES string of the molecule is CC(C)N(CC1CC1)c1ccc(F)cc1CBr. The van der Waals surface area contributed by atoms with Gasteiger partial charge in [-0.1, -0.05) is 15.9 Å². The molecule has 2 rings (SSSR count). The van der Waals surface area contributed by atoms with Gasteiger partial charge >= 0.3 is 0 Å². The van der Waals surface area contributed by atoms with Crippen molar-refractivity contribution in [2.75, 3.05) is 11.4 Å². The van der Waals surface area contributed by atoms with Gasteiger partial charge in [0, 0.05) is 23.6 Å². The van der Waals surface area contributed by atoms with E-state index in [1.165, 1.54) is 18.5 Å². The van der Waals surface area contributed by atoms with Crippen LogP contribution in [0.1, 0.15) is 32.3 Å². The first-order valence-corrected chi connectivity index (χ1v) is 7.35. The molecule has 0 radical (unpaired) electrons. The second kappa shape index (κ2) is 5.38. The zero-order valence-corrected chi connectivity index (χ0v) is 12.0. The molecule has 0 atom stereocenters. The van der Waals surface area contributed by atoms with E-state index < -0.39 is 0 Å². The van der Waals surface area contributed by atoms with E-state index in [9.17, 15) is 4.39 Å². The van der Waals surface area contributed by atoms with Crippen molar-refractivity contribution in [3.63, 3.8) is 0 Å². The van der Waals surface area contributed by atoms with E-state index in [1.807, 2.05) is 6.07 Å². The molecule has 1 aromatic carbocycles. The van der Waals surface area contributed by atoms with Gasteiger partial charge in [-0.2, -0.15) is 0 Å². The molecule has 0 saturated heterocycles. The van der Waals surface area contributed by atoms with Crippen molar-refractivity contribution in [2.24, 2.45) is 5.92 Å². The lowest BCUT2D eigenvalue weighted by Crippen LogP contribution is -2.33. The fourth-order valence-corrected chi connectivity index (χ4v) is 2.56. The number of hydrogen-bond acceptors (Lipinski definition) is 1. The summed E-state index contributed by atoms with van der Waals surface area (Å²) in [6.45, 7) is 5.50. The lowest BCUT2D eigenvalue weighted by molar-refractivity contribution is 0.620. The van der Waals surface area contributed by atoms with E-state index in [0.717, 1.165) is 18.0 Å². The highest BCUT2D eigenvalue weighted by molar-refractivity contribution is 9.08. The molecule has 1 nitrogen and oxygen atoms in total. The standard InChI is InChI=1S/C14H19BrFN/c1-10(2)17(9-11-3-4-11)14-6-5-13(16)7-12(14)8-15/h5-7,10-11H,3-4,8-9H2,1-2H3. The molecule has 0 unspecified atom stereocenters. The van der Waals surface area contributed by atoms with E-state index in [2.05, 4.69) is 34.7 Å². The Morgan fingerprint density at radius 2 is 2.12 bits per heavy atom. The van der Waals surface area contributed by atoms with Gasteiger partial charge in [-0.15, -0.1) is 0 Å². The van der Waals surface area contributed by atoms with Gasteiger partial charge in [0.25, 0.3) is 0 Å².